The quantitative estimate of drug-likeness (QED) is 0.843. The minimum Gasteiger partial charge on any atom is -0.373 e. The highest BCUT2D eigenvalue weighted by Gasteiger charge is 2.49. The Morgan fingerprint density at radius 3 is 3.12 bits per heavy atom. The van der Waals surface area contributed by atoms with Gasteiger partial charge in [0.05, 0.1) is 31.4 Å². The summed E-state index contributed by atoms with van der Waals surface area (Å²) in [6.45, 7) is 4.62. The van der Waals surface area contributed by atoms with Crippen molar-refractivity contribution in [2.75, 3.05) is 19.7 Å². The van der Waals surface area contributed by atoms with Gasteiger partial charge in [-0.15, -0.1) is 0 Å². The van der Waals surface area contributed by atoms with Crippen molar-refractivity contribution in [3.63, 3.8) is 0 Å². The van der Waals surface area contributed by atoms with E-state index in [0.29, 0.717) is 26.3 Å². The Labute approximate surface area is 151 Å². The lowest BCUT2D eigenvalue weighted by molar-refractivity contribution is -0.188. The fourth-order valence-electron chi connectivity index (χ4n) is 3.62. The summed E-state index contributed by atoms with van der Waals surface area (Å²) in [5, 5.41) is 3.83. The second-order valence-corrected chi connectivity index (χ2v) is 7.78. The number of aryl methyl sites for hydroxylation is 1. The summed E-state index contributed by atoms with van der Waals surface area (Å²) in [5.74, 6) is 0.101. The van der Waals surface area contributed by atoms with Crippen LogP contribution in [-0.4, -0.2) is 47.2 Å². The summed E-state index contributed by atoms with van der Waals surface area (Å²) >= 11 is 1.55. The van der Waals surface area contributed by atoms with Gasteiger partial charge < -0.3 is 14.4 Å². The number of carbonyl (C=O) groups excluding carboxylic acids is 1. The summed E-state index contributed by atoms with van der Waals surface area (Å²) < 4.78 is 12.1. The maximum Gasteiger partial charge on any atom is 0.254 e. The number of thiophene rings is 1. The highest BCUT2D eigenvalue weighted by molar-refractivity contribution is 7.08. The van der Waals surface area contributed by atoms with Crippen LogP contribution in [0.15, 0.2) is 35.3 Å². The molecule has 0 N–H and O–H groups in total. The van der Waals surface area contributed by atoms with Gasteiger partial charge in [0, 0.05) is 30.8 Å². The fraction of sp³-hybridized carbons (Fsp3) is 0.474. The smallest absolute Gasteiger partial charge is 0.254 e. The number of amides is 1. The zero-order valence-corrected chi connectivity index (χ0v) is 15.1. The second kappa shape index (κ2) is 6.86. The van der Waals surface area contributed by atoms with Crippen LogP contribution in [0.1, 0.15) is 34.3 Å². The Kier molecular flexibility index (Phi) is 4.58. The zero-order valence-electron chi connectivity index (χ0n) is 14.3. The minimum atomic E-state index is -0.223. The fourth-order valence-corrected chi connectivity index (χ4v) is 4.25. The molecule has 1 atom stereocenters. The molecular formula is C19H22N2O3S. The molecule has 2 aliphatic rings. The minimum absolute atomic E-state index is 0.101. The molecule has 2 aliphatic heterocycles. The average Bonchev–Trinajstić information content (AvgIpc) is 3.12. The van der Waals surface area contributed by atoms with Crippen molar-refractivity contribution in [3.05, 3.63) is 52.0 Å². The number of hydrogen-bond donors (Lipinski definition) is 0. The van der Waals surface area contributed by atoms with Gasteiger partial charge in [-0.2, -0.15) is 11.3 Å². The van der Waals surface area contributed by atoms with Crippen molar-refractivity contribution in [2.24, 2.45) is 0 Å². The van der Waals surface area contributed by atoms with Crippen molar-refractivity contribution in [2.45, 2.75) is 38.1 Å². The van der Waals surface area contributed by atoms with Gasteiger partial charge in [-0.25, -0.2) is 0 Å². The maximum absolute atomic E-state index is 12.4. The van der Waals surface area contributed by atoms with E-state index >= 15 is 0 Å². The molecule has 2 saturated heterocycles. The van der Waals surface area contributed by atoms with Crippen molar-refractivity contribution in [1.82, 2.24) is 9.88 Å². The molecule has 0 radical (unpaired) electrons. The van der Waals surface area contributed by atoms with Gasteiger partial charge in [0.15, 0.2) is 0 Å². The molecule has 4 rings (SSSR count). The molecule has 6 heteroatoms. The first-order valence-electron chi connectivity index (χ1n) is 8.61. The van der Waals surface area contributed by atoms with Crippen LogP contribution in [0, 0.1) is 6.92 Å². The number of aromatic nitrogens is 1. The van der Waals surface area contributed by atoms with Crippen LogP contribution in [0.4, 0.5) is 0 Å². The molecule has 0 saturated carbocycles. The van der Waals surface area contributed by atoms with E-state index in [1.807, 2.05) is 41.0 Å². The first-order chi connectivity index (χ1) is 12.1. The Bertz CT molecular complexity index is 741. The van der Waals surface area contributed by atoms with E-state index < -0.39 is 0 Å². The monoisotopic (exact) mass is 358 g/mol. The second-order valence-electron chi connectivity index (χ2n) is 7.00. The Morgan fingerprint density at radius 1 is 1.48 bits per heavy atom. The molecule has 2 aromatic rings. The van der Waals surface area contributed by atoms with Gasteiger partial charge in [-0.05, 0) is 35.9 Å². The van der Waals surface area contributed by atoms with Crippen LogP contribution in [0.2, 0.25) is 0 Å². The van der Waals surface area contributed by atoms with E-state index in [4.69, 9.17) is 9.47 Å². The molecule has 2 aromatic heterocycles. The SMILES string of the molecule is Cc1cncc(CO[C@@H]2CCOC3(C2)CN(C(=O)c2ccsc2)C3)c1. The van der Waals surface area contributed by atoms with E-state index in [1.54, 1.807) is 11.3 Å². The van der Waals surface area contributed by atoms with E-state index in [0.717, 1.165) is 29.5 Å². The van der Waals surface area contributed by atoms with Gasteiger partial charge >= 0.3 is 0 Å². The summed E-state index contributed by atoms with van der Waals surface area (Å²) in [7, 11) is 0. The van der Waals surface area contributed by atoms with Crippen molar-refractivity contribution in [3.8, 4) is 0 Å². The standard InChI is InChI=1S/C19H22N2O3S/c1-14-6-15(9-20-8-14)10-23-17-2-4-24-19(7-17)12-21(13-19)18(22)16-3-5-25-11-16/h3,5-6,8-9,11,17H,2,4,7,10,12-13H2,1H3/t17-/m1/s1. The third kappa shape index (κ3) is 3.61. The molecule has 2 fully saturated rings. The van der Waals surface area contributed by atoms with Crippen LogP contribution in [-0.2, 0) is 16.1 Å². The molecule has 132 valence electrons. The number of likely N-dealkylation sites (tertiary alicyclic amines) is 1. The molecular weight excluding hydrogens is 336 g/mol. The molecule has 1 spiro atoms. The number of pyridine rings is 1. The van der Waals surface area contributed by atoms with Gasteiger partial charge in [-0.3, -0.25) is 9.78 Å². The molecule has 4 heterocycles. The normalized spacial score (nSPS) is 22.0. The summed E-state index contributed by atoms with van der Waals surface area (Å²) in [4.78, 5) is 18.5. The molecule has 1 amide bonds. The molecule has 0 aromatic carbocycles. The lowest BCUT2D eigenvalue weighted by atomic mass is 9.84. The first kappa shape index (κ1) is 16.7. The number of rotatable bonds is 4. The van der Waals surface area contributed by atoms with E-state index in [1.165, 1.54) is 0 Å². The number of hydrogen-bond acceptors (Lipinski definition) is 5. The van der Waals surface area contributed by atoms with Crippen LogP contribution in [0.25, 0.3) is 0 Å². The number of ether oxygens (including phenoxy) is 2. The van der Waals surface area contributed by atoms with E-state index in [9.17, 15) is 4.79 Å². The molecule has 0 aliphatic carbocycles. The Morgan fingerprint density at radius 2 is 2.36 bits per heavy atom. The molecule has 0 unspecified atom stereocenters. The van der Waals surface area contributed by atoms with Crippen LogP contribution in [0.5, 0.6) is 0 Å². The Balaban J connectivity index is 1.31. The number of carbonyl (C=O) groups is 1. The summed E-state index contributed by atoms with van der Waals surface area (Å²) in [6, 6.07) is 3.98. The van der Waals surface area contributed by atoms with E-state index in [2.05, 4.69) is 11.1 Å². The van der Waals surface area contributed by atoms with Crippen LogP contribution < -0.4 is 0 Å². The highest BCUT2D eigenvalue weighted by atomic mass is 32.1. The first-order valence-corrected chi connectivity index (χ1v) is 9.55. The van der Waals surface area contributed by atoms with E-state index in [-0.39, 0.29) is 17.6 Å². The number of nitrogens with zero attached hydrogens (tertiary/aromatic N) is 2. The third-order valence-electron chi connectivity index (χ3n) is 4.88. The maximum atomic E-state index is 12.4. The van der Waals surface area contributed by atoms with Gasteiger partial charge in [0.25, 0.3) is 5.91 Å². The topological polar surface area (TPSA) is 51.7 Å². The molecule has 5 nitrogen and oxygen atoms in total. The predicted octanol–water partition coefficient (Wildman–Crippen LogP) is 3.04. The Hall–Kier alpha value is -1.76. The van der Waals surface area contributed by atoms with Crippen molar-refractivity contribution < 1.29 is 14.3 Å². The third-order valence-corrected chi connectivity index (χ3v) is 5.56. The van der Waals surface area contributed by atoms with Crippen LogP contribution >= 0.6 is 11.3 Å². The summed E-state index contributed by atoms with van der Waals surface area (Å²) in [5.41, 5.74) is 2.80. The van der Waals surface area contributed by atoms with Crippen molar-refractivity contribution in [1.29, 1.82) is 0 Å². The van der Waals surface area contributed by atoms with Gasteiger partial charge in [-0.1, -0.05) is 6.07 Å². The van der Waals surface area contributed by atoms with Gasteiger partial charge in [0.1, 0.15) is 5.60 Å². The van der Waals surface area contributed by atoms with Crippen LogP contribution in [0.3, 0.4) is 0 Å². The molecule has 0 bridgehead atoms. The summed E-state index contributed by atoms with van der Waals surface area (Å²) in [6.07, 6.45) is 5.62. The zero-order chi connectivity index (χ0) is 17.3. The lowest BCUT2D eigenvalue weighted by Crippen LogP contribution is -2.67. The predicted molar refractivity (Wildman–Crippen MR) is 95.7 cm³/mol. The van der Waals surface area contributed by atoms with Gasteiger partial charge in [0.2, 0.25) is 0 Å². The average molecular weight is 358 g/mol. The highest BCUT2D eigenvalue weighted by Crippen LogP contribution is 2.36. The lowest BCUT2D eigenvalue weighted by Gasteiger charge is -2.52. The molecule has 25 heavy (non-hydrogen) atoms. The van der Waals surface area contributed by atoms with Crippen molar-refractivity contribution >= 4 is 17.2 Å². The largest absolute Gasteiger partial charge is 0.373 e.